The summed E-state index contributed by atoms with van der Waals surface area (Å²) in [4.78, 5) is 38.8. The van der Waals surface area contributed by atoms with Crippen LogP contribution in [0.2, 0.25) is 5.02 Å². The quantitative estimate of drug-likeness (QED) is 0.476. The minimum Gasteiger partial charge on any atom is -0.263 e. The fraction of sp³-hybridized carbons (Fsp3) is 0.150. The van der Waals surface area contributed by atoms with Gasteiger partial charge >= 0.3 is 17.8 Å². The summed E-state index contributed by atoms with van der Waals surface area (Å²) >= 11 is 5.81. The van der Waals surface area contributed by atoms with Gasteiger partial charge in [-0.05, 0) is 36.8 Å². The number of hydrogen-bond donors (Lipinski definition) is 0. The first-order valence-corrected chi connectivity index (χ1v) is 8.35. The van der Waals surface area contributed by atoms with Crippen LogP contribution in [0.1, 0.15) is 24.1 Å². The van der Waals surface area contributed by atoms with E-state index in [0.717, 1.165) is 15.4 Å². The molecule has 1 fully saturated rings. The number of amides is 4. The van der Waals surface area contributed by atoms with E-state index in [4.69, 9.17) is 11.6 Å². The molecule has 26 heavy (non-hydrogen) atoms. The minimum absolute atomic E-state index is 0.149. The highest BCUT2D eigenvalue weighted by molar-refractivity contribution is 6.44. The van der Waals surface area contributed by atoms with Crippen LogP contribution in [0.4, 0.5) is 4.79 Å². The highest BCUT2D eigenvalue weighted by Gasteiger charge is 2.46. The molecule has 0 radical (unpaired) electrons. The summed E-state index contributed by atoms with van der Waals surface area (Å²) in [6.07, 6.45) is 0. The Hall–Kier alpha value is -3.10. The highest BCUT2D eigenvalue weighted by Crippen LogP contribution is 2.25. The predicted molar refractivity (Wildman–Crippen MR) is 97.1 cm³/mol. The first-order chi connectivity index (χ1) is 12.5. The summed E-state index contributed by atoms with van der Waals surface area (Å²) in [7, 11) is 0. The van der Waals surface area contributed by atoms with E-state index in [1.54, 1.807) is 43.3 Å². The van der Waals surface area contributed by atoms with Crippen LogP contribution in [0.15, 0.2) is 54.6 Å². The molecule has 0 aliphatic carbocycles. The smallest absolute Gasteiger partial charge is 0.263 e. The Labute approximate surface area is 156 Å². The van der Waals surface area contributed by atoms with E-state index in [9.17, 15) is 14.4 Å². The van der Waals surface area contributed by atoms with Crippen LogP contribution in [-0.2, 0) is 9.59 Å². The average Bonchev–Trinajstić information content (AvgIpc) is 2.87. The zero-order chi connectivity index (χ0) is 18.7. The second-order valence-electron chi connectivity index (χ2n) is 5.74. The molecule has 0 N–H and O–H groups in total. The average molecular weight is 367 g/mol. The highest BCUT2D eigenvalue weighted by atomic mass is 35.5. The number of hydrogen-bond acceptors (Lipinski definition) is 3. The van der Waals surface area contributed by atoms with Crippen LogP contribution in [0.3, 0.4) is 0 Å². The number of carbonyl (C=O) groups excluding carboxylic acids is 3. The molecule has 1 aliphatic rings. The molecular weight excluding hydrogens is 352 g/mol. The van der Waals surface area contributed by atoms with E-state index in [1.165, 1.54) is 0 Å². The van der Waals surface area contributed by atoms with Crippen LogP contribution in [0, 0.1) is 11.8 Å². The zero-order valence-corrected chi connectivity index (χ0v) is 14.7. The summed E-state index contributed by atoms with van der Waals surface area (Å²) in [5.41, 5.74) is 1.48. The Kier molecular flexibility index (Phi) is 5.06. The van der Waals surface area contributed by atoms with E-state index >= 15 is 0 Å². The normalized spacial score (nSPS) is 15.1. The lowest BCUT2D eigenvalue weighted by Crippen LogP contribution is -2.35. The lowest BCUT2D eigenvalue weighted by Gasteiger charge is -2.21. The summed E-state index contributed by atoms with van der Waals surface area (Å²) in [5, 5.41) is 0.594. The van der Waals surface area contributed by atoms with Gasteiger partial charge in [-0.2, -0.15) is 0 Å². The topological polar surface area (TPSA) is 57.7 Å². The van der Waals surface area contributed by atoms with Gasteiger partial charge in [0.2, 0.25) is 0 Å². The molecule has 130 valence electrons. The number of nitrogens with zero attached hydrogens (tertiary/aromatic N) is 2. The Bertz CT molecular complexity index is 914. The van der Waals surface area contributed by atoms with E-state index in [0.29, 0.717) is 10.6 Å². The van der Waals surface area contributed by atoms with Crippen molar-refractivity contribution in [2.24, 2.45) is 0 Å². The van der Waals surface area contributed by atoms with Gasteiger partial charge in [-0.15, -0.1) is 0 Å². The Balaban J connectivity index is 1.76. The van der Waals surface area contributed by atoms with E-state index in [2.05, 4.69) is 11.8 Å². The number of rotatable bonds is 3. The lowest BCUT2D eigenvalue weighted by molar-refractivity contribution is -0.143. The van der Waals surface area contributed by atoms with Crippen molar-refractivity contribution < 1.29 is 14.4 Å². The first-order valence-electron chi connectivity index (χ1n) is 7.97. The van der Waals surface area contributed by atoms with Crippen LogP contribution < -0.4 is 0 Å². The van der Waals surface area contributed by atoms with Crippen molar-refractivity contribution >= 4 is 29.4 Å². The maximum absolute atomic E-state index is 12.6. The van der Waals surface area contributed by atoms with Gasteiger partial charge in [-0.1, -0.05) is 53.8 Å². The second-order valence-corrected chi connectivity index (χ2v) is 6.18. The standard InChI is InChI=1S/C20H15ClN2O3/c1-14(16-7-3-2-4-8-16)23-19(25)18(24)22(20(23)26)13-5-6-15-9-11-17(21)12-10-15/h2-4,7-12,14H,13H2,1H3. The van der Waals surface area contributed by atoms with Crippen molar-refractivity contribution in [3.63, 3.8) is 0 Å². The molecule has 0 spiro atoms. The molecule has 5 nitrogen and oxygen atoms in total. The van der Waals surface area contributed by atoms with E-state index < -0.39 is 23.9 Å². The van der Waals surface area contributed by atoms with Gasteiger partial charge in [0.1, 0.15) is 0 Å². The molecule has 1 aliphatic heterocycles. The molecule has 1 atom stereocenters. The number of urea groups is 1. The van der Waals surface area contributed by atoms with Crippen molar-refractivity contribution in [2.75, 3.05) is 6.54 Å². The summed E-state index contributed by atoms with van der Waals surface area (Å²) in [6, 6.07) is 14.8. The molecule has 1 heterocycles. The van der Waals surface area contributed by atoms with Gasteiger partial charge in [0.25, 0.3) is 0 Å². The molecule has 1 saturated heterocycles. The van der Waals surface area contributed by atoms with Gasteiger partial charge in [0, 0.05) is 10.6 Å². The maximum Gasteiger partial charge on any atom is 0.335 e. The molecule has 2 aromatic rings. The Morgan fingerprint density at radius 3 is 2.27 bits per heavy atom. The number of imide groups is 2. The van der Waals surface area contributed by atoms with Crippen molar-refractivity contribution in [3.8, 4) is 11.8 Å². The molecule has 1 unspecified atom stereocenters. The first kappa shape index (κ1) is 17.7. The number of benzene rings is 2. The molecule has 4 amide bonds. The monoisotopic (exact) mass is 366 g/mol. The summed E-state index contributed by atoms with van der Waals surface area (Å²) < 4.78 is 0. The van der Waals surface area contributed by atoms with E-state index in [1.807, 2.05) is 18.2 Å². The van der Waals surface area contributed by atoms with Crippen molar-refractivity contribution in [1.82, 2.24) is 9.80 Å². The largest absolute Gasteiger partial charge is 0.335 e. The molecule has 0 bridgehead atoms. The third-order valence-corrected chi connectivity index (χ3v) is 4.32. The molecule has 2 aromatic carbocycles. The van der Waals surface area contributed by atoms with Gasteiger partial charge < -0.3 is 0 Å². The number of halogens is 1. The molecule has 0 aromatic heterocycles. The third kappa shape index (κ3) is 3.46. The van der Waals surface area contributed by atoms with Gasteiger partial charge in [-0.3, -0.25) is 9.59 Å². The lowest BCUT2D eigenvalue weighted by atomic mass is 10.1. The van der Waals surface area contributed by atoms with Gasteiger partial charge in [-0.25, -0.2) is 14.6 Å². The van der Waals surface area contributed by atoms with Crippen molar-refractivity contribution in [1.29, 1.82) is 0 Å². The molecular formula is C20H15ClN2O3. The van der Waals surface area contributed by atoms with Crippen LogP contribution >= 0.6 is 11.6 Å². The van der Waals surface area contributed by atoms with E-state index in [-0.39, 0.29) is 6.54 Å². The second kappa shape index (κ2) is 7.42. The predicted octanol–water partition coefficient (Wildman–Crippen LogP) is 3.24. The van der Waals surface area contributed by atoms with Crippen LogP contribution in [0.25, 0.3) is 0 Å². The van der Waals surface area contributed by atoms with Crippen molar-refractivity contribution in [2.45, 2.75) is 13.0 Å². The third-order valence-electron chi connectivity index (χ3n) is 4.07. The maximum atomic E-state index is 12.6. The van der Waals surface area contributed by atoms with Crippen LogP contribution in [0.5, 0.6) is 0 Å². The SMILES string of the molecule is CC(c1ccccc1)N1C(=O)C(=O)N(CC#Cc2ccc(Cl)cc2)C1=O. The summed E-state index contributed by atoms with van der Waals surface area (Å²) in [6.45, 7) is 1.56. The van der Waals surface area contributed by atoms with Gasteiger partial charge in [0.15, 0.2) is 0 Å². The van der Waals surface area contributed by atoms with Gasteiger partial charge in [0.05, 0.1) is 12.6 Å². The molecule has 3 rings (SSSR count). The molecule has 6 heteroatoms. The Morgan fingerprint density at radius 1 is 0.962 bits per heavy atom. The number of carbonyl (C=O) groups is 3. The fourth-order valence-corrected chi connectivity index (χ4v) is 2.76. The fourth-order valence-electron chi connectivity index (χ4n) is 2.64. The Morgan fingerprint density at radius 2 is 1.62 bits per heavy atom. The molecule has 0 saturated carbocycles. The van der Waals surface area contributed by atoms with Crippen molar-refractivity contribution in [3.05, 3.63) is 70.7 Å². The summed E-state index contributed by atoms with van der Waals surface area (Å²) in [5.74, 6) is 3.91. The van der Waals surface area contributed by atoms with Crippen LogP contribution in [-0.4, -0.2) is 34.2 Å². The minimum atomic E-state index is -0.858. The zero-order valence-electron chi connectivity index (χ0n) is 14.0.